The third-order valence-corrected chi connectivity index (χ3v) is 6.03. The maximum Gasteiger partial charge on any atom is 0.238 e. The predicted octanol–water partition coefficient (Wildman–Crippen LogP) is 0.468. The van der Waals surface area contributed by atoms with Gasteiger partial charge in [0.25, 0.3) is 0 Å². The summed E-state index contributed by atoms with van der Waals surface area (Å²) in [6, 6.07) is 1.87. The third kappa shape index (κ3) is 4.32. The maximum atomic E-state index is 12.4. The summed E-state index contributed by atoms with van der Waals surface area (Å²) in [6.07, 6.45) is 6.76. The molecular weight excluding hydrogens is 318 g/mol. The Morgan fingerprint density at radius 1 is 1.30 bits per heavy atom. The minimum absolute atomic E-state index is 0.0281. The Labute approximate surface area is 136 Å². The molecule has 0 saturated carbocycles. The molecule has 0 unspecified atom stereocenters. The van der Waals surface area contributed by atoms with E-state index in [1.54, 1.807) is 15.8 Å². The molecule has 2 fully saturated rings. The quantitative estimate of drug-likeness (QED) is 0.751. The van der Waals surface area contributed by atoms with Gasteiger partial charge in [-0.2, -0.15) is 5.10 Å². The van der Waals surface area contributed by atoms with Crippen molar-refractivity contribution in [2.45, 2.75) is 44.4 Å². The van der Waals surface area contributed by atoms with Gasteiger partial charge < -0.3 is 9.64 Å². The minimum atomic E-state index is -3.43. The number of rotatable bonds is 6. The molecule has 0 spiro atoms. The molecule has 0 aliphatic carbocycles. The van der Waals surface area contributed by atoms with Crippen LogP contribution in [0.2, 0.25) is 0 Å². The number of aromatic nitrogens is 2. The van der Waals surface area contributed by atoms with Crippen molar-refractivity contribution in [2.75, 3.05) is 24.7 Å². The maximum absolute atomic E-state index is 12.4. The second kappa shape index (κ2) is 7.00. The second-order valence-corrected chi connectivity index (χ2v) is 8.41. The molecule has 7 nitrogen and oxygen atoms in total. The first-order valence-electron chi connectivity index (χ1n) is 8.12. The van der Waals surface area contributed by atoms with Crippen molar-refractivity contribution in [3.8, 4) is 0 Å². The molecule has 23 heavy (non-hydrogen) atoms. The molecule has 0 radical (unpaired) electrons. The van der Waals surface area contributed by atoms with E-state index in [4.69, 9.17) is 4.74 Å². The van der Waals surface area contributed by atoms with Crippen LogP contribution in [0.1, 0.15) is 25.7 Å². The van der Waals surface area contributed by atoms with Gasteiger partial charge in [0, 0.05) is 25.5 Å². The molecule has 0 N–H and O–H groups in total. The van der Waals surface area contributed by atoms with E-state index in [1.165, 1.54) is 0 Å². The van der Waals surface area contributed by atoms with Crippen LogP contribution in [-0.4, -0.2) is 65.8 Å². The highest BCUT2D eigenvalue weighted by atomic mass is 32.2. The number of hydrogen-bond donors (Lipinski definition) is 0. The summed E-state index contributed by atoms with van der Waals surface area (Å²) in [5.74, 6) is -0.753. The summed E-state index contributed by atoms with van der Waals surface area (Å²) in [5, 5.41) is 4.16. The van der Waals surface area contributed by atoms with Crippen molar-refractivity contribution in [1.82, 2.24) is 14.7 Å². The van der Waals surface area contributed by atoms with Crippen molar-refractivity contribution in [2.24, 2.45) is 0 Å². The van der Waals surface area contributed by atoms with Gasteiger partial charge in [0.2, 0.25) is 5.91 Å². The third-order valence-electron chi connectivity index (χ3n) is 4.46. The van der Waals surface area contributed by atoms with Crippen LogP contribution in [0.25, 0.3) is 0 Å². The van der Waals surface area contributed by atoms with Gasteiger partial charge in [0.05, 0.1) is 24.4 Å². The van der Waals surface area contributed by atoms with Gasteiger partial charge in [-0.1, -0.05) is 0 Å². The summed E-state index contributed by atoms with van der Waals surface area (Å²) in [4.78, 5) is 14.2. The summed E-state index contributed by atoms with van der Waals surface area (Å²) >= 11 is 0. The van der Waals surface area contributed by atoms with E-state index >= 15 is 0 Å². The lowest BCUT2D eigenvalue weighted by atomic mass is 10.2. The SMILES string of the molecule is O=C(CS(=O)(=O)C[C@H]1CCCO1)N1CCC[C@@H]1Cn1cccn1. The molecule has 3 rings (SSSR count). The average Bonchev–Trinajstić information content (AvgIpc) is 3.19. The van der Waals surface area contributed by atoms with Crippen LogP contribution in [-0.2, 0) is 25.9 Å². The van der Waals surface area contributed by atoms with Crippen LogP contribution in [0.15, 0.2) is 18.5 Å². The van der Waals surface area contributed by atoms with Crippen molar-refractivity contribution < 1.29 is 17.9 Å². The molecule has 1 aromatic rings. The standard InChI is InChI=1S/C15H23N3O4S/c19-15(12-23(20,21)11-14-5-2-9-22-14)18-8-1-4-13(18)10-17-7-3-6-16-17/h3,6-7,13-14H,1-2,4-5,8-12H2/t13-,14-/m1/s1. The highest BCUT2D eigenvalue weighted by Gasteiger charge is 2.33. The largest absolute Gasteiger partial charge is 0.377 e. The van der Waals surface area contributed by atoms with Gasteiger partial charge in [0.15, 0.2) is 9.84 Å². The Morgan fingerprint density at radius 3 is 2.87 bits per heavy atom. The number of likely N-dealkylation sites (tertiary alicyclic amines) is 1. The van der Waals surface area contributed by atoms with Crippen LogP contribution in [0.3, 0.4) is 0 Å². The average molecular weight is 341 g/mol. The van der Waals surface area contributed by atoms with E-state index in [2.05, 4.69) is 5.10 Å². The number of carbonyl (C=O) groups is 1. The minimum Gasteiger partial charge on any atom is -0.377 e. The zero-order valence-corrected chi connectivity index (χ0v) is 14.0. The molecule has 1 amide bonds. The Morgan fingerprint density at radius 2 is 2.17 bits per heavy atom. The molecule has 8 heteroatoms. The van der Waals surface area contributed by atoms with E-state index in [0.29, 0.717) is 19.7 Å². The Kier molecular flexibility index (Phi) is 5.01. The molecule has 2 saturated heterocycles. The van der Waals surface area contributed by atoms with E-state index < -0.39 is 15.6 Å². The van der Waals surface area contributed by atoms with Gasteiger partial charge in [0.1, 0.15) is 5.75 Å². The fraction of sp³-hybridized carbons (Fsp3) is 0.733. The summed E-state index contributed by atoms with van der Waals surface area (Å²) in [6.45, 7) is 1.86. The highest BCUT2D eigenvalue weighted by Crippen LogP contribution is 2.20. The van der Waals surface area contributed by atoms with Crippen molar-refractivity contribution in [3.05, 3.63) is 18.5 Å². The van der Waals surface area contributed by atoms with Crippen LogP contribution < -0.4 is 0 Å². The first kappa shape index (κ1) is 16.4. The Balaban J connectivity index is 1.57. The first-order valence-corrected chi connectivity index (χ1v) is 9.94. The normalized spacial score (nSPS) is 25.1. The zero-order valence-electron chi connectivity index (χ0n) is 13.1. The molecule has 2 atom stereocenters. The Bertz CT molecular complexity index is 623. The Hall–Kier alpha value is -1.41. The number of ether oxygens (including phenoxy) is 1. The molecule has 0 aromatic carbocycles. The number of amides is 1. The van der Waals surface area contributed by atoms with E-state index in [0.717, 1.165) is 25.7 Å². The lowest BCUT2D eigenvalue weighted by Gasteiger charge is -2.25. The lowest BCUT2D eigenvalue weighted by Crippen LogP contribution is -2.42. The van der Waals surface area contributed by atoms with Gasteiger partial charge in [-0.3, -0.25) is 9.48 Å². The van der Waals surface area contributed by atoms with E-state index in [-0.39, 0.29) is 23.8 Å². The summed E-state index contributed by atoms with van der Waals surface area (Å²) in [5.41, 5.74) is 0. The fourth-order valence-electron chi connectivity index (χ4n) is 3.37. The van der Waals surface area contributed by atoms with Crippen molar-refractivity contribution in [1.29, 1.82) is 0 Å². The van der Waals surface area contributed by atoms with Crippen LogP contribution in [0.5, 0.6) is 0 Å². The molecule has 3 heterocycles. The molecule has 0 bridgehead atoms. The molecule has 128 valence electrons. The smallest absolute Gasteiger partial charge is 0.238 e. The van der Waals surface area contributed by atoms with Crippen molar-refractivity contribution in [3.63, 3.8) is 0 Å². The first-order chi connectivity index (χ1) is 11.0. The van der Waals surface area contributed by atoms with Crippen LogP contribution in [0.4, 0.5) is 0 Å². The van der Waals surface area contributed by atoms with Gasteiger partial charge >= 0.3 is 0 Å². The van der Waals surface area contributed by atoms with Crippen LogP contribution in [0, 0.1) is 0 Å². The zero-order chi connectivity index (χ0) is 16.3. The number of nitrogens with zero attached hydrogens (tertiary/aromatic N) is 3. The molecular formula is C15H23N3O4S. The van der Waals surface area contributed by atoms with E-state index in [9.17, 15) is 13.2 Å². The number of carbonyl (C=O) groups excluding carboxylic acids is 1. The predicted molar refractivity (Wildman–Crippen MR) is 84.6 cm³/mol. The number of sulfone groups is 1. The van der Waals surface area contributed by atoms with Crippen molar-refractivity contribution >= 4 is 15.7 Å². The summed E-state index contributed by atoms with van der Waals surface area (Å²) in [7, 11) is -3.43. The second-order valence-electron chi connectivity index (χ2n) is 6.30. The van der Waals surface area contributed by atoms with Gasteiger partial charge in [-0.25, -0.2) is 8.42 Å². The number of hydrogen-bond acceptors (Lipinski definition) is 5. The lowest BCUT2D eigenvalue weighted by molar-refractivity contribution is -0.129. The molecule has 1 aromatic heterocycles. The monoisotopic (exact) mass is 341 g/mol. The van der Waals surface area contributed by atoms with E-state index in [1.807, 2.05) is 12.3 Å². The van der Waals surface area contributed by atoms with Crippen LogP contribution >= 0.6 is 0 Å². The van der Waals surface area contributed by atoms with Gasteiger partial charge in [-0.15, -0.1) is 0 Å². The fourth-order valence-corrected chi connectivity index (χ4v) is 4.86. The summed E-state index contributed by atoms with van der Waals surface area (Å²) < 4.78 is 31.6. The molecule has 2 aliphatic heterocycles. The topological polar surface area (TPSA) is 81.5 Å². The van der Waals surface area contributed by atoms with Gasteiger partial charge in [-0.05, 0) is 31.7 Å². The molecule has 2 aliphatic rings. The highest BCUT2D eigenvalue weighted by molar-refractivity contribution is 7.92.